The fourth-order valence-corrected chi connectivity index (χ4v) is 2.09. The molecule has 0 heterocycles. The second kappa shape index (κ2) is 5.61. The summed E-state index contributed by atoms with van der Waals surface area (Å²) in [5.74, 6) is -0.0753. The summed E-state index contributed by atoms with van der Waals surface area (Å²) in [7, 11) is 0. The average molecular weight is 265 g/mol. The Hall–Kier alpha value is -1.55. The molecule has 0 aliphatic rings. The summed E-state index contributed by atoms with van der Waals surface area (Å²) in [5, 5.41) is 9.13. The van der Waals surface area contributed by atoms with Crippen LogP contribution in [-0.2, 0) is 10.2 Å². The van der Waals surface area contributed by atoms with Gasteiger partial charge in [0.2, 0.25) is 0 Å². The van der Waals surface area contributed by atoms with Gasteiger partial charge in [-0.2, -0.15) is 0 Å². The van der Waals surface area contributed by atoms with E-state index in [9.17, 15) is 4.79 Å². The van der Waals surface area contributed by atoms with Crippen molar-refractivity contribution < 1.29 is 14.6 Å². The zero-order chi connectivity index (χ0) is 14.7. The Morgan fingerprint density at radius 3 is 2.16 bits per heavy atom. The summed E-state index contributed by atoms with van der Waals surface area (Å²) in [6.45, 7) is 8.12. The van der Waals surface area contributed by atoms with E-state index in [2.05, 4.69) is 0 Å². The highest BCUT2D eigenvalue weighted by molar-refractivity contribution is 5.69. The molecule has 0 spiro atoms. The molecule has 1 aromatic carbocycles. The molecule has 3 N–H and O–H groups in total. The lowest BCUT2D eigenvalue weighted by Crippen LogP contribution is -2.53. The first kappa shape index (κ1) is 15.5. The van der Waals surface area contributed by atoms with Crippen molar-refractivity contribution in [3.05, 3.63) is 29.8 Å². The molecule has 0 fully saturated rings. The van der Waals surface area contributed by atoms with E-state index in [1.807, 2.05) is 52.0 Å². The Bertz CT molecular complexity index is 434. The largest absolute Gasteiger partial charge is 0.494 e. The molecule has 0 bridgehead atoms. The zero-order valence-electron chi connectivity index (χ0n) is 12.1. The van der Waals surface area contributed by atoms with Crippen LogP contribution in [0.1, 0.15) is 39.7 Å². The van der Waals surface area contributed by atoms with Crippen LogP contribution in [0.4, 0.5) is 0 Å². The van der Waals surface area contributed by atoms with Crippen LogP contribution < -0.4 is 10.5 Å². The highest BCUT2D eigenvalue weighted by Gasteiger charge is 2.41. The quantitative estimate of drug-likeness (QED) is 0.829. The lowest BCUT2D eigenvalue weighted by molar-refractivity contribution is -0.139. The molecule has 1 aromatic rings. The van der Waals surface area contributed by atoms with Gasteiger partial charge in [-0.3, -0.25) is 4.79 Å². The summed E-state index contributed by atoms with van der Waals surface area (Å²) < 4.78 is 5.39. The maximum atomic E-state index is 11.1. The van der Waals surface area contributed by atoms with E-state index in [-0.39, 0.29) is 6.42 Å². The van der Waals surface area contributed by atoms with Gasteiger partial charge in [0.15, 0.2) is 0 Å². The highest BCUT2D eigenvalue weighted by Crippen LogP contribution is 2.37. The van der Waals surface area contributed by atoms with Crippen molar-refractivity contribution in [1.29, 1.82) is 0 Å². The van der Waals surface area contributed by atoms with Gasteiger partial charge in [0, 0.05) is 11.0 Å². The first-order chi connectivity index (χ1) is 8.70. The lowest BCUT2D eigenvalue weighted by Gasteiger charge is -2.41. The number of carboxylic acids is 1. The number of hydrogen-bond donors (Lipinski definition) is 2. The van der Waals surface area contributed by atoms with Crippen LogP contribution in [0.25, 0.3) is 0 Å². The Balaban J connectivity index is 3.15. The van der Waals surface area contributed by atoms with Gasteiger partial charge in [-0.1, -0.05) is 19.1 Å². The number of carboxylic acid groups (broad SMARTS) is 1. The summed E-state index contributed by atoms with van der Waals surface area (Å²) >= 11 is 0. The summed E-state index contributed by atoms with van der Waals surface area (Å²) in [6, 6.07) is 7.49. The smallest absolute Gasteiger partial charge is 0.304 e. The third kappa shape index (κ3) is 3.47. The molecule has 0 aliphatic carbocycles. The molecule has 106 valence electrons. The van der Waals surface area contributed by atoms with E-state index in [0.29, 0.717) is 6.61 Å². The molecule has 1 rings (SSSR count). The minimum Gasteiger partial charge on any atom is -0.494 e. The molecule has 4 nitrogen and oxygen atoms in total. The zero-order valence-corrected chi connectivity index (χ0v) is 12.1. The first-order valence-corrected chi connectivity index (χ1v) is 6.44. The third-order valence-corrected chi connectivity index (χ3v) is 3.73. The fourth-order valence-electron chi connectivity index (χ4n) is 2.09. The van der Waals surface area contributed by atoms with Crippen LogP contribution in [0.5, 0.6) is 5.75 Å². The van der Waals surface area contributed by atoms with E-state index in [1.165, 1.54) is 0 Å². The summed E-state index contributed by atoms with van der Waals surface area (Å²) in [6.07, 6.45) is -0.00944. The number of nitrogens with two attached hydrogens (primary N) is 1. The standard InChI is InChI=1S/C15H23NO3/c1-5-19-12-8-6-11(7-9-12)15(4,10-13(17)18)14(2,3)16/h6-9H,5,10,16H2,1-4H3,(H,17,18). The molecule has 0 saturated carbocycles. The summed E-state index contributed by atoms with van der Waals surface area (Å²) in [4.78, 5) is 11.1. The van der Waals surface area contributed by atoms with Crippen LogP contribution >= 0.6 is 0 Å². The predicted molar refractivity (Wildman–Crippen MR) is 75.5 cm³/mol. The van der Waals surface area contributed by atoms with Crippen molar-refractivity contribution in [2.24, 2.45) is 5.73 Å². The van der Waals surface area contributed by atoms with Gasteiger partial charge in [0.05, 0.1) is 13.0 Å². The Morgan fingerprint density at radius 1 is 1.26 bits per heavy atom. The highest BCUT2D eigenvalue weighted by atomic mass is 16.5. The number of aliphatic carboxylic acids is 1. The molecular weight excluding hydrogens is 242 g/mol. The number of hydrogen-bond acceptors (Lipinski definition) is 3. The van der Waals surface area contributed by atoms with Crippen molar-refractivity contribution in [1.82, 2.24) is 0 Å². The first-order valence-electron chi connectivity index (χ1n) is 6.44. The Kier molecular flexibility index (Phi) is 4.58. The van der Waals surface area contributed by atoms with E-state index in [0.717, 1.165) is 11.3 Å². The van der Waals surface area contributed by atoms with Crippen LogP contribution in [0.3, 0.4) is 0 Å². The molecule has 19 heavy (non-hydrogen) atoms. The lowest BCUT2D eigenvalue weighted by atomic mass is 9.66. The Morgan fingerprint density at radius 2 is 1.79 bits per heavy atom. The van der Waals surface area contributed by atoms with Crippen molar-refractivity contribution >= 4 is 5.97 Å². The maximum Gasteiger partial charge on any atom is 0.304 e. The van der Waals surface area contributed by atoms with Crippen molar-refractivity contribution in [3.8, 4) is 5.75 Å². The van der Waals surface area contributed by atoms with Crippen LogP contribution in [-0.4, -0.2) is 23.2 Å². The van der Waals surface area contributed by atoms with Crippen LogP contribution in [0.2, 0.25) is 0 Å². The molecule has 0 amide bonds. The fraction of sp³-hybridized carbons (Fsp3) is 0.533. The summed E-state index contributed by atoms with van der Waals surface area (Å²) in [5.41, 5.74) is 5.83. The topological polar surface area (TPSA) is 72.5 Å². The van der Waals surface area contributed by atoms with Crippen molar-refractivity contribution in [2.45, 2.75) is 45.1 Å². The molecule has 1 atom stereocenters. The molecule has 0 aliphatic heterocycles. The second-order valence-electron chi connectivity index (χ2n) is 5.58. The normalized spacial score (nSPS) is 14.8. The van der Waals surface area contributed by atoms with Gasteiger partial charge >= 0.3 is 5.97 Å². The Labute approximate surface area is 114 Å². The molecule has 0 radical (unpaired) electrons. The SMILES string of the molecule is CCOc1ccc(C(C)(CC(=O)O)C(C)(C)N)cc1. The van der Waals surface area contributed by atoms with Gasteiger partial charge < -0.3 is 15.6 Å². The van der Waals surface area contributed by atoms with E-state index in [1.54, 1.807) is 0 Å². The monoisotopic (exact) mass is 265 g/mol. The average Bonchev–Trinajstić information content (AvgIpc) is 2.27. The van der Waals surface area contributed by atoms with Gasteiger partial charge in [-0.25, -0.2) is 0 Å². The number of ether oxygens (including phenoxy) is 1. The molecule has 4 heteroatoms. The van der Waals surface area contributed by atoms with Gasteiger partial charge in [-0.15, -0.1) is 0 Å². The van der Waals surface area contributed by atoms with Gasteiger partial charge in [0.25, 0.3) is 0 Å². The van der Waals surface area contributed by atoms with E-state index >= 15 is 0 Å². The molecule has 0 aromatic heterocycles. The molecule has 0 saturated heterocycles. The minimum absolute atomic E-state index is 0.00944. The van der Waals surface area contributed by atoms with Crippen molar-refractivity contribution in [3.63, 3.8) is 0 Å². The van der Waals surface area contributed by atoms with Crippen molar-refractivity contribution in [2.75, 3.05) is 6.61 Å². The predicted octanol–water partition coefficient (Wildman–Crippen LogP) is 2.56. The van der Waals surface area contributed by atoms with Gasteiger partial charge in [-0.05, 0) is 38.5 Å². The number of benzene rings is 1. The van der Waals surface area contributed by atoms with Gasteiger partial charge in [0.1, 0.15) is 5.75 Å². The molecular formula is C15H23NO3. The minimum atomic E-state index is -0.852. The number of rotatable bonds is 6. The van der Waals surface area contributed by atoms with Crippen LogP contribution in [0, 0.1) is 0 Å². The molecule has 1 unspecified atom stereocenters. The van der Waals surface area contributed by atoms with E-state index in [4.69, 9.17) is 15.6 Å². The second-order valence-corrected chi connectivity index (χ2v) is 5.58. The van der Waals surface area contributed by atoms with E-state index < -0.39 is 16.9 Å². The third-order valence-electron chi connectivity index (χ3n) is 3.73. The number of carbonyl (C=O) groups is 1. The maximum absolute atomic E-state index is 11.1. The van der Waals surface area contributed by atoms with Crippen LogP contribution in [0.15, 0.2) is 24.3 Å².